The summed E-state index contributed by atoms with van der Waals surface area (Å²) in [5.74, 6) is 1.82. The molecule has 1 fully saturated rings. The van der Waals surface area contributed by atoms with E-state index in [2.05, 4.69) is 31.3 Å². The fourth-order valence-corrected chi connectivity index (χ4v) is 4.16. The minimum atomic E-state index is 0.693. The van der Waals surface area contributed by atoms with Crippen LogP contribution in [0.15, 0.2) is 48.7 Å². The normalized spacial score (nSPS) is 14.8. The number of rotatable bonds is 6. The minimum absolute atomic E-state index is 0.693. The molecular weight excluding hydrogens is 392 g/mol. The highest BCUT2D eigenvalue weighted by Gasteiger charge is 2.19. The molecule has 0 radical (unpaired) electrons. The Bertz CT molecular complexity index is 966. The van der Waals surface area contributed by atoms with E-state index in [9.17, 15) is 0 Å². The molecule has 28 heavy (non-hydrogen) atoms. The average molecular weight is 415 g/mol. The predicted molar refractivity (Wildman–Crippen MR) is 115 cm³/mol. The molecule has 3 aromatic rings. The third kappa shape index (κ3) is 4.32. The van der Waals surface area contributed by atoms with Crippen LogP contribution in [0.4, 0.5) is 16.6 Å². The van der Waals surface area contributed by atoms with Gasteiger partial charge in [0.15, 0.2) is 3.95 Å². The van der Waals surface area contributed by atoms with Crippen LogP contribution in [0.2, 0.25) is 0 Å². The number of ether oxygens (including phenoxy) is 1. The van der Waals surface area contributed by atoms with Gasteiger partial charge in [-0.25, -0.2) is 9.67 Å². The second kappa shape index (κ2) is 8.68. The summed E-state index contributed by atoms with van der Waals surface area (Å²) in [5, 5.41) is 8.72. The van der Waals surface area contributed by atoms with Gasteiger partial charge in [-0.3, -0.25) is 4.90 Å². The molecule has 146 valence electrons. The molecule has 1 aliphatic heterocycles. The van der Waals surface area contributed by atoms with Gasteiger partial charge in [0.25, 0.3) is 0 Å². The monoisotopic (exact) mass is 414 g/mol. The van der Waals surface area contributed by atoms with Crippen LogP contribution in [0.5, 0.6) is 5.75 Å². The number of anilines is 3. The third-order valence-corrected chi connectivity index (χ3v) is 5.86. The summed E-state index contributed by atoms with van der Waals surface area (Å²) in [5.41, 5.74) is 0.880. The van der Waals surface area contributed by atoms with Crippen molar-refractivity contribution in [3.8, 4) is 5.75 Å². The van der Waals surface area contributed by atoms with Crippen LogP contribution in [0.1, 0.15) is 0 Å². The fraction of sp³-hybridized carbons (Fsp3) is 0.316. The Morgan fingerprint density at radius 2 is 1.89 bits per heavy atom. The molecule has 1 saturated heterocycles. The van der Waals surface area contributed by atoms with E-state index in [4.69, 9.17) is 17.0 Å². The van der Waals surface area contributed by atoms with E-state index >= 15 is 0 Å². The zero-order valence-electron chi connectivity index (χ0n) is 15.6. The molecule has 9 heteroatoms. The van der Waals surface area contributed by atoms with Crippen molar-refractivity contribution < 1.29 is 4.74 Å². The smallest absolute Gasteiger partial charge is 0.209 e. The number of aromatic nitrogens is 3. The summed E-state index contributed by atoms with van der Waals surface area (Å²) in [6, 6.07) is 13.8. The van der Waals surface area contributed by atoms with Crippen molar-refractivity contribution >= 4 is 40.2 Å². The molecule has 7 nitrogen and oxygen atoms in total. The lowest BCUT2D eigenvalue weighted by Gasteiger charge is -2.35. The summed E-state index contributed by atoms with van der Waals surface area (Å²) >= 11 is 6.99. The van der Waals surface area contributed by atoms with Gasteiger partial charge in [0.2, 0.25) is 5.13 Å². The molecule has 3 heterocycles. The second-order valence-electron chi connectivity index (χ2n) is 6.43. The van der Waals surface area contributed by atoms with Crippen molar-refractivity contribution in [2.24, 2.45) is 0 Å². The summed E-state index contributed by atoms with van der Waals surface area (Å²) in [7, 11) is 1.66. The maximum Gasteiger partial charge on any atom is 0.209 e. The van der Waals surface area contributed by atoms with E-state index in [1.54, 1.807) is 7.11 Å². The number of hydrogen-bond donors (Lipinski definition) is 1. The number of nitrogens with one attached hydrogen (secondary N) is 1. The standard InChI is InChI=1S/C19H22N6OS2/c1-26-16-7-3-2-6-15(16)21-18-22-25(19(27)28-18)14-23-10-12-24(13-11-23)17-8-4-5-9-20-17/h2-9H,10-14H2,1H3,(H,21,22). The van der Waals surface area contributed by atoms with Gasteiger partial charge >= 0.3 is 0 Å². The van der Waals surface area contributed by atoms with Gasteiger partial charge in [-0.15, -0.1) is 5.10 Å². The van der Waals surface area contributed by atoms with Crippen LogP contribution >= 0.6 is 23.6 Å². The maximum absolute atomic E-state index is 5.52. The van der Waals surface area contributed by atoms with Gasteiger partial charge < -0.3 is 15.0 Å². The Kier molecular flexibility index (Phi) is 5.84. The van der Waals surface area contributed by atoms with Crippen molar-refractivity contribution in [1.82, 2.24) is 19.7 Å². The number of piperazine rings is 1. The van der Waals surface area contributed by atoms with Crippen molar-refractivity contribution in [3.63, 3.8) is 0 Å². The Hall–Kier alpha value is -2.49. The van der Waals surface area contributed by atoms with E-state index < -0.39 is 0 Å². The first-order valence-electron chi connectivity index (χ1n) is 9.09. The van der Waals surface area contributed by atoms with Crippen LogP contribution < -0.4 is 15.0 Å². The second-order valence-corrected chi connectivity index (χ2v) is 8.06. The largest absolute Gasteiger partial charge is 0.495 e. The molecule has 2 aromatic heterocycles. The topological polar surface area (TPSA) is 58.5 Å². The molecule has 1 aromatic carbocycles. The first kappa shape index (κ1) is 18.9. The zero-order chi connectivity index (χ0) is 19.3. The number of nitrogens with zero attached hydrogens (tertiary/aromatic N) is 5. The molecule has 0 aliphatic carbocycles. The highest BCUT2D eigenvalue weighted by atomic mass is 32.1. The molecule has 0 bridgehead atoms. The highest BCUT2D eigenvalue weighted by molar-refractivity contribution is 7.73. The van der Waals surface area contributed by atoms with Gasteiger partial charge in [-0.1, -0.05) is 29.5 Å². The van der Waals surface area contributed by atoms with Crippen molar-refractivity contribution in [1.29, 1.82) is 0 Å². The average Bonchev–Trinajstić information content (AvgIpc) is 3.08. The molecule has 1 aliphatic rings. The van der Waals surface area contributed by atoms with Crippen molar-refractivity contribution in [2.45, 2.75) is 6.67 Å². The molecule has 0 saturated carbocycles. The summed E-state index contributed by atoms with van der Waals surface area (Å²) in [6.45, 7) is 4.48. The Morgan fingerprint density at radius 3 is 2.64 bits per heavy atom. The van der Waals surface area contributed by atoms with Crippen molar-refractivity contribution in [2.75, 3.05) is 43.5 Å². The van der Waals surface area contributed by atoms with E-state index in [1.165, 1.54) is 11.3 Å². The van der Waals surface area contributed by atoms with Gasteiger partial charge in [-0.2, -0.15) is 0 Å². The summed E-state index contributed by atoms with van der Waals surface area (Å²) in [4.78, 5) is 9.11. The van der Waals surface area contributed by atoms with Gasteiger partial charge in [0, 0.05) is 32.4 Å². The predicted octanol–water partition coefficient (Wildman–Crippen LogP) is 3.60. The van der Waals surface area contributed by atoms with E-state index in [0.717, 1.165) is 52.5 Å². The quantitative estimate of drug-likeness (QED) is 0.619. The SMILES string of the molecule is COc1ccccc1Nc1nn(CN2CCN(c3ccccn3)CC2)c(=S)s1. The van der Waals surface area contributed by atoms with Crippen LogP contribution in [0.3, 0.4) is 0 Å². The molecule has 1 N–H and O–H groups in total. The summed E-state index contributed by atoms with van der Waals surface area (Å²) < 4.78 is 8.02. The number of methoxy groups -OCH3 is 1. The van der Waals surface area contributed by atoms with Crippen LogP contribution in [-0.4, -0.2) is 53.0 Å². The van der Waals surface area contributed by atoms with Gasteiger partial charge in [0.1, 0.15) is 11.6 Å². The Morgan fingerprint density at radius 1 is 1.11 bits per heavy atom. The van der Waals surface area contributed by atoms with E-state index in [-0.39, 0.29) is 0 Å². The van der Waals surface area contributed by atoms with E-state index in [0.29, 0.717) is 6.67 Å². The third-order valence-electron chi connectivity index (χ3n) is 4.63. The Balaban J connectivity index is 1.38. The van der Waals surface area contributed by atoms with Crippen LogP contribution in [-0.2, 0) is 6.67 Å². The number of benzene rings is 1. The molecule has 0 unspecified atom stereocenters. The number of pyridine rings is 1. The van der Waals surface area contributed by atoms with Crippen LogP contribution in [0.25, 0.3) is 0 Å². The lowest BCUT2D eigenvalue weighted by molar-refractivity contribution is 0.195. The Labute approximate surface area is 173 Å². The lowest BCUT2D eigenvalue weighted by Crippen LogP contribution is -2.47. The van der Waals surface area contributed by atoms with Gasteiger partial charge in [0.05, 0.1) is 19.5 Å². The molecular formula is C19H22N6OS2. The molecule has 0 spiro atoms. The first-order valence-corrected chi connectivity index (χ1v) is 10.3. The first-order chi connectivity index (χ1) is 13.7. The molecule has 4 rings (SSSR count). The molecule has 0 atom stereocenters. The number of hydrogen-bond acceptors (Lipinski definition) is 8. The number of para-hydroxylation sites is 2. The molecule has 0 amide bonds. The van der Waals surface area contributed by atoms with Crippen LogP contribution in [0, 0.1) is 3.95 Å². The lowest BCUT2D eigenvalue weighted by atomic mass is 10.3. The van der Waals surface area contributed by atoms with E-state index in [1.807, 2.05) is 47.3 Å². The minimum Gasteiger partial charge on any atom is -0.495 e. The fourth-order valence-electron chi connectivity index (χ4n) is 3.16. The van der Waals surface area contributed by atoms with Crippen molar-refractivity contribution in [3.05, 3.63) is 52.6 Å². The zero-order valence-corrected chi connectivity index (χ0v) is 17.2. The van der Waals surface area contributed by atoms with Gasteiger partial charge in [-0.05, 0) is 36.5 Å². The highest BCUT2D eigenvalue weighted by Crippen LogP contribution is 2.28. The summed E-state index contributed by atoms with van der Waals surface area (Å²) in [6.07, 6.45) is 1.84. The maximum atomic E-state index is 5.52.